The topological polar surface area (TPSA) is 63.5 Å². The van der Waals surface area contributed by atoms with Crippen molar-refractivity contribution < 1.29 is 9.53 Å². The third kappa shape index (κ3) is 5.36. The molecule has 0 aliphatic carbocycles. The molecule has 0 radical (unpaired) electrons. The van der Waals surface area contributed by atoms with Gasteiger partial charge in [0, 0.05) is 33.3 Å². The van der Waals surface area contributed by atoms with Crippen LogP contribution in [0.2, 0.25) is 0 Å². The van der Waals surface area contributed by atoms with Crippen LogP contribution in [0.4, 0.5) is 5.95 Å². The summed E-state index contributed by atoms with van der Waals surface area (Å²) in [6, 6.07) is 2.06. The predicted octanol–water partition coefficient (Wildman–Crippen LogP) is 3.51. The number of hydrogen-bond donors (Lipinski definition) is 0. The van der Waals surface area contributed by atoms with E-state index in [2.05, 4.69) is 38.0 Å². The summed E-state index contributed by atoms with van der Waals surface area (Å²) >= 11 is 3.14. The molecule has 0 aromatic carbocycles. The number of anilines is 1. The number of rotatable bonds is 8. The highest BCUT2D eigenvalue weighted by atomic mass is 32.2. The van der Waals surface area contributed by atoms with E-state index in [4.69, 9.17) is 4.74 Å². The Hall–Kier alpha value is -1.58. The first-order valence-corrected chi connectivity index (χ1v) is 12.7. The second-order valence-electron chi connectivity index (χ2n) is 8.37. The van der Waals surface area contributed by atoms with Gasteiger partial charge in [0.2, 0.25) is 11.9 Å². The maximum atomic E-state index is 12.7. The van der Waals surface area contributed by atoms with Crippen LogP contribution >= 0.6 is 23.1 Å². The summed E-state index contributed by atoms with van der Waals surface area (Å²) in [6.07, 6.45) is 4.75. The van der Waals surface area contributed by atoms with Crippen molar-refractivity contribution in [2.75, 3.05) is 37.4 Å². The van der Waals surface area contributed by atoms with Gasteiger partial charge in [0.1, 0.15) is 0 Å². The van der Waals surface area contributed by atoms with E-state index in [9.17, 15) is 4.79 Å². The SMILES string of the molecule is CC1CCN(c2nnc(SCC(=O)N(C)Cc3ccsc3)n2CC2CCCO2)CC1. The van der Waals surface area contributed by atoms with E-state index in [1.54, 1.807) is 16.2 Å². The lowest BCUT2D eigenvalue weighted by Crippen LogP contribution is -2.35. The first-order valence-electron chi connectivity index (χ1n) is 10.8. The molecule has 4 rings (SSSR count). The first-order chi connectivity index (χ1) is 14.6. The molecule has 2 aromatic heterocycles. The summed E-state index contributed by atoms with van der Waals surface area (Å²) in [5, 5.41) is 13.9. The fourth-order valence-electron chi connectivity index (χ4n) is 3.96. The zero-order chi connectivity index (χ0) is 20.9. The van der Waals surface area contributed by atoms with Crippen LogP contribution in [-0.2, 0) is 22.6 Å². The van der Waals surface area contributed by atoms with E-state index in [0.29, 0.717) is 12.3 Å². The fourth-order valence-corrected chi connectivity index (χ4v) is 5.51. The number of aromatic nitrogens is 3. The molecule has 2 saturated heterocycles. The third-order valence-electron chi connectivity index (χ3n) is 5.92. The minimum Gasteiger partial charge on any atom is -0.376 e. The number of carbonyl (C=O) groups is 1. The van der Waals surface area contributed by atoms with Gasteiger partial charge in [-0.25, -0.2) is 0 Å². The third-order valence-corrected chi connectivity index (χ3v) is 7.61. The zero-order valence-electron chi connectivity index (χ0n) is 17.8. The predicted molar refractivity (Wildman–Crippen MR) is 121 cm³/mol. The quantitative estimate of drug-likeness (QED) is 0.575. The largest absolute Gasteiger partial charge is 0.376 e. The lowest BCUT2D eigenvalue weighted by molar-refractivity contribution is -0.127. The van der Waals surface area contributed by atoms with Crippen molar-refractivity contribution in [3.8, 4) is 0 Å². The van der Waals surface area contributed by atoms with Gasteiger partial charge in [0.05, 0.1) is 18.4 Å². The number of thiophene rings is 1. The number of hydrogen-bond acceptors (Lipinski definition) is 7. The van der Waals surface area contributed by atoms with Crippen molar-refractivity contribution in [1.29, 1.82) is 0 Å². The summed E-state index contributed by atoms with van der Waals surface area (Å²) in [5.41, 5.74) is 1.17. The van der Waals surface area contributed by atoms with Crippen molar-refractivity contribution in [3.63, 3.8) is 0 Å². The van der Waals surface area contributed by atoms with Gasteiger partial charge in [-0.15, -0.1) is 10.2 Å². The Bertz CT molecular complexity index is 811. The first kappa shape index (κ1) is 21.6. The van der Waals surface area contributed by atoms with E-state index in [1.807, 2.05) is 12.4 Å². The molecule has 2 aromatic rings. The molecule has 0 N–H and O–H groups in total. The molecule has 1 atom stereocenters. The normalized spacial score (nSPS) is 20.1. The molecular formula is C21H31N5O2S2. The molecule has 1 amide bonds. The molecule has 0 saturated carbocycles. The van der Waals surface area contributed by atoms with Crippen molar-refractivity contribution in [3.05, 3.63) is 22.4 Å². The fraction of sp³-hybridized carbons (Fsp3) is 0.667. The number of nitrogens with zero attached hydrogens (tertiary/aromatic N) is 5. The number of thioether (sulfide) groups is 1. The molecule has 7 nitrogen and oxygen atoms in total. The van der Waals surface area contributed by atoms with E-state index in [-0.39, 0.29) is 12.0 Å². The van der Waals surface area contributed by atoms with E-state index in [1.165, 1.54) is 30.2 Å². The second-order valence-corrected chi connectivity index (χ2v) is 10.1. The molecule has 2 aliphatic heterocycles. The number of carbonyl (C=O) groups excluding carboxylic acids is 1. The Morgan fingerprint density at radius 2 is 2.17 bits per heavy atom. The summed E-state index contributed by atoms with van der Waals surface area (Å²) in [4.78, 5) is 16.8. The Morgan fingerprint density at radius 1 is 1.33 bits per heavy atom. The van der Waals surface area contributed by atoms with Gasteiger partial charge >= 0.3 is 0 Å². The molecular weight excluding hydrogens is 418 g/mol. The number of amides is 1. The van der Waals surface area contributed by atoms with Crippen LogP contribution in [-0.4, -0.2) is 64.2 Å². The molecule has 4 heterocycles. The monoisotopic (exact) mass is 449 g/mol. The Morgan fingerprint density at radius 3 is 2.87 bits per heavy atom. The lowest BCUT2D eigenvalue weighted by atomic mass is 10.00. The Kier molecular flexibility index (Phi) is 7.32. The highest BCUT2D eigenvalue weighted by molar-refractivity contribution is 7.99. The second kappa shape index (κ2) is 10.2. The maximum absolute atomic E-state index is 12.7. The van der Waals surface area contributed by atoms with Gasteiger partial charge < -0.3 is 14.5 Å². The van der Waals surface area contributed by atoms with Gasteiger partial charge in [-0.3, -0.25) is 9.36 Å². The molecule has 2 fully saturated rings. The van der Waals surface area contributed by atoms with Crippen molar-refractivity contribution >= 4 is 35.0 Å². The minimum atomic E-state index is 0.103. The average molecular weight is 450 g/mol. The summed E-state index contributed by atoms with van der Waals surface area (Å²) < 4.78 is 8.07. The van der Waals surface area contributed by atoms with Crippen molar-refractivity contribution in [2.45, 2.75) is 57.0 Å². The van der Waals surface area contributed by atoms with Crippen LogP contribution in [0.25, 0.3) is 0 Å². The summed E-state index contributed by atoms with van der Waals surface area (Å²) in [6.45, 7) is 6.57. The Labute approximate surface area is 186 Å². The van der Waals surface area contributed by atoms with Crippen molar-refractivity contribution in [2.24, 2.45) is 5.92 Å². The van der Waals surface area contributed by atoms with Crippen LogP contribution in [0.5, 0.6) is 0 Å². The molecule has 2 aliphatic rings. The molecule has 9 heteroatoms. The summed E-state index contributed by atoms with van der Waals surface area (Å²) in [5.74, 6) is 2.16. The number of ether oxygens (including phenoxy) is 1. The molecule has 30 heavy (non-hydrogen) atoms. The highest BCUT2D eigenvalue weighted by Gasteiger charge is 2.26. The van der Waals surface area contributed by atoms with Crippen LogP contribution in [0.15, 0.2) is 22.0 Å². The molecule has 1 unspecified atom stereocenters. The summed E-state index contributed by atoms with van der Waals surface area (Å²) in [7, 11) is 1.86. The zero-order valence-corrected chi connectivity index (χ0v) is 19.5. The van der Waals surface area contributed by atoms with Gasteiger partial charge in [-0.05, 0) is 54.0 Å². The van der Waals surface area contributed by atoms with Crippen LogP contribution in [0.1, 0.15) is 38.2 Å². The van der Waals surface area contributed by atoms with Gasteiger partial charge in [-0.1, -0.05) is 18.7 Å². The van der Waals surface area contributed by atoms with E-state index < -0.39 is 0 Å². The maximum Gasteiger partial charge on any atom is 0.233 e. The van der Waals surface area contributed by atoms with Crippen LogP contribution in [0.3, 0.4) is 0 Å². The molecule has 164 valence electrons. The smallest absolute Gasteiger partial charge is 0.233 e. The lowest BCUT2D eigenvalue weighted by Gasteiger charge is -2.31. The number of piperidine rings is 1. The van der Waals surface area contributed by atoms with Crippen LogP contribution < -0.4 is 4.90 Å². The van der Waals surface area contributed by atoms with Gasteiger partial charge in [0.25, 0.3) is 0 Å². The van der Waals surface area contributed by atoms with E-state index in [0.717, 1.165) is 56.1 Å². The van der Waals surface area contributed by atoms with Crippen molar-refractivity contribution in [1.82, 2.24) is 19.7 Å². The van der Waals surface area contributed by atoms with Gasteiger partial charge in [0.15, 0.2) is 5.16 Å². The average Bonchev–Trinajstić information content (AvgIpc) is 3.50. The Balaban J connectivity index is 1.42. The standard InChI is InChI=1S/C21H31N5O2S2/c1-16-5-8-25(9-6-16)20-22-23-21(26(20)13-18-4-3-10-28-18)30-15-19(27)24(2)12-17-7-11-29-14-17/h7,11,14,16,18H,3-6,8-10,12-13,15H2,1-2H3. The molecule has 0 bridgehead atoms. The minimum absolute atomic E-state index is 0.103. The highest BCUT2D eigenvalue weighted by Crippen LogP contribution is 2.28. The molecule has 0 spiro atoms. The van der Waals surface area contributed by atoms with E-state index >= 15 is 0 Å². The van der Waals surface area contributed by atoms with Gasteiger partial charge in [-0.2, -0.15) is 11.3 Å². The van der Waals surface area contributed by atoms with Crippen LogP contribution in [0, 0.1) is 5.92 Å².